The van der Waals surface area contributed by atoms with E-state index < -0.39 is 11.9 Å². The third-order valence-electron chi connectivity index (χ3n) is 2.91. The van der Waals surface area contributed by atoms with Crippen LogP contribution in [-0.2, 0) is 9.59 Å². The number of rotatable bonds is 3. The molecule has 1 amide bonds. The molecule has 0 aromatic rings. The number of hydrogen-bond acceptors (Lipinski definition) is 2. The second-order valence-electron chi connectivity index (χ2n) is 4.22. The number of nitrogens with zero attached hydrogens (tertiary/aromatic N) is 1. The Labute approximate surface area is 95.9 Å². The summed E-state index contributed by atoms with van der Waals surface area (Å²) < 4.78 is 0. The summed E-state index contributed by atoms with van der Waals surface area (Å²) in [5.41, 5.74) is 0.716. The Morgan fingerprint density at radius 3 is 2.75 bits per heavy atom. The quantitative estimate of drug-likeness (QED) is 0.743. The molecular weight excluding hydrogens is 206 g/mol. The van der Waals surface area contributed by atoms with Gasteiger partial charge in [0.25, 0.3) is 0 Å². The Balaban J connectivity index is 2.63. The lowest BCUT2D eigenvalue weighted by atomic mass is 9.97. The molecule has 1 aliphatic heterocycles. The Morgan fingerprint density at radius 1 is 1.50 bits per heavy atom. The number of likely N-dealkylation sites (tertiary alicyclic amines) is 1. The van der Waals surface area contributed by atoms with Gasteiger partial charge in [-0.05, 0) is 26.2 Å². The molecule has 0 aliphatic carbocycles. The first kappa shape index (κ1) is 12.7. The molecule has 0 aromatic heterocycles. The maximum absolute atomic E-state index is 11.9. The van der Waals surface area contributed by atoms with Gasteiger partial charge in [-0.25, -0.2) is 0 Å². The minimum absolute atomic E-state index is 0.0206. The molecule has 0 saturated carbocycles. The van der Waals surface area contributed by atoms with Gasteiger partial charge in [0.2, 0.25) is 5.91 Å². The van der Waals surface area contributed by atoms with Gasteiger partial charge < -0.3 is 10.0 Å². The second-order valence-corrected chi connectivity index (χ2v) is 4.22. The van der Waals surface area contributed by atoms with Crippen molar-refractivity contribution in [2.24, 2.45) is 5.92 Å². The van der Waals surface area contributed by atoms with E-state index in [-0.39, 0.29) is 5.91 Å². The van der Waals surface area contributed by atoms with Gasteiger partial charge in [-0.2, -0.15) is 0 Å². The summed E-state index contributed by atoms with van der Waals surface area (Å²) in [6, 6.07) is 0. The summed E-state index contributed by atoms with van der Waals surface area (Å²) in [5, 5.41) is 8.93. The number of carbonyl (C=O) groups is 2. The molecule has 4 heteroatoms. The van der Waals surface area contributed by atoms with Crippen molar-refractivity contribution >= 4 is 11.9 Å². The van der Waals surface area contributed by atoms with E-state index in [2.05, 4.69) is 0 Å². The summed E-state index contributed by atoms with van der Waals surface area (Å²) >= 11 is 0. The van der Waals surface area contributed by atoms with Gasteiger partial charge in [0.15, 0.2) is 0 Å². The van der Waals surface area contributed by atoms with Crippen LogP contribution in [0.4, 0.5) is 0 Å². The fourth-order valence-electron chi connectivity index (χ4n) is 2.01. The maximum atomic E-state index is 11.9. The van der Waals surface area contributed by atoms with Gasteiger partial charge in [-0.3, -0.25) is 9.59 Å². The monoisotopic (exact) mass is 225 g/mol. The number of carboxylic acid groups (broad SMARTS) is 1. The van der Waals surface area contributed by atoms with Crippen LogP contribution in [0.3, 0.4) is 0 Å². The van der Waals surface area contributed by atoms with Crippen molar-refractivity contribution in [3.05, 3.63) is 11.6 Å². The average Bonchev–Trinajstić information content (AvgIpc) is 2.28. The van der Waals surface area contributed by atoms with Crippen LogP contribution < -0.4 is 0 Å². The molecular formula is C12H19NO3. The summed E-state index contributed by atoms with van der Waals surface area (Å²) in [7, 11) is 0. The number of piperidine rings is 1. The molecule has 0 radical (unpaired) electrons. The zero-order valence-electron chi connectivity index (χ0n) is 9.90. The zero-order valence-corrected chi connectivity index (χ0v) is 9.90. The summed E-state index contributed by atoms with van der Waals surface area (Å²) in [5.74, 6) is -1.21. The molecule has 4 nitrogen and oxygen atoms in total. The average molecular weight is 225 g/mol. The topological polar surface area (TPSA) is 57.6 Å². The van der Waals surface area contributed by atoms with E-state index in [4.69, 9.17) is 5.11 Å². The standard InChI is InChI=1S/C12H19NO3/c1-3-5-9(2)11(14)13-7-4-6-10(8-13)12(15)16/h5,10H,3-4,6-8H2,1-2H3,(H,15,16)/b9-5-/t10-/m0/s1. The Hall–Kier alpha value is -1.32. The Kier molecular flexibility index (Phi) is 4.52. The van der Waals surface area contributed by atoms with Crippen molar-refractivity contribution in [1.29, 1.82) is 0 Å². The van der Waals surface area contributed by atoms with Crippen LogP contribution in [0.15, 0.2) is 11.6 Å². The highest BCUT2D eigenvalue weighted by molar-refractivity contribution is 5.93. The van der Waals surface area contributed by atoms with Crippen molar-refractivity contribution in [3.63, 3.8) is 0 Å². The molecule has 0 aromatic carbocycles. The van der Waals surface area contributed by atoms with Gasteiger partial charge in [0.1, 0.15) is 0 Å². The highest BCUT2D eigenvalue weighted by Gasteiger charge is 2.28. The van der Waals surface area contributed by atoms with Crippen molar-refractivity contribution in [3.8, 4) is 0 Å². The first-order chi connectivity index (χ1) is 7.56. The lowest BCUT2D eigenvalue weighted by Crippen LogP contribution is -2.42. The highest BCUT2D eigenvalue weighted by atomic mass is 16.4. The van der Waals surface area contributed by atoms with Gasteiger partial charge in [-0.15, -0.1) is 0 Å². The molecule has 1 heterocycles. The van der Waals surface area contributed by atoms with Gasteiger partial charge in [0, 0.05) is 18.7 Å². The van der Waals surface area contributed by atoms with Crippen molar-refractivity contribution in [2.45, 2.75) is 33.1 Å². The van der Waals surface area contributed by atoms with Crippen LogP contribution in [-0.4, -0.2) is 35.0 Å². The molecule has 1 aliphatic rings. The summed E-state index contributed by atoms with van der Waals surface area (Å²) in [6.45, 7) is 4.80. The maximum Gasteiger partial charge on any atom is 0.308 e. The molecule has 1 rings (SSSR count). The highest BCUT2D eigenvalue weighted by Crippen LogP contribution is 2.18. The smallest absolute Gasteiger partial charge is 0.308 e. The number of hydrogen-bond donors (Lipinski definition) is 1. The predicted molar refractivity (Wildman–Crippen MR) is 61.0 cm³/mol. The first-order valence-electron chi connectivity index (χ1n) is 5.75. The molecule has 90 valence electrons. The molecule has 1 saturated heterocycles. The number of amides is 1. The second kappa shape index (κ2) is 5.68. The Morgan fingerprint density at radius 2 is 2.19 bits per heavy atom. The van der Waals surface area contributed by atoms with Crippen molar-refractivity contribution in [2.75, 3.05) is 13.1 Å². The van der Waals surface area contributed by atoms with Crippen LogP contribution in [0.1, 0.15) is 33.1 Å². The van der Waals surface area contributed by atoms with Crippen molar-refractivity contribution in [1.82, 2.24) is 4.90 Å². The molecule has 1 fully saturated rings. The van der Waals surface area contributed by atoms with Crippen LogP contribution in [0, 0.1) is 5.92 Å². The lowest BCUT2D eigenvalue weighted by Gasteiger charge is -2.31. The molecule has 1 atom stereocenters. The van der Waals surface area contributed by atoms with Crippen LogP contribution in [0.25, 0.3) is 0 Å². The molecule has 0 unspecified atom stereocenters. The fourth-order valence-corrected chi connectivity index (χ4v) is 2.01. The van der Waals surface area contributed by atoms with Gasteiger partial charge in [0.05, 0.1) is 5.92 Å². The van der Waals surface area contributed by atoms with E-state index in [0.29, 0.717) is 25.1 Å². The molecule has 0 bridgehead atoms. The third-order valence-corrected chi connectivity index (χ3v) is 2.91. The SMILES string of the molecule is CC/C=C(/C)C(=O)N1CCC[C@H](C(=O)O)C1. The summed E-state index contributed by atoms with van der Waals surface area (Å²) in [6.07, 6.45) is 4.16. The number of carbonyl (C=O) groups excluding carboxylic acids is 1. The van der Waals surface area contributed by atoms with Crippen LogP contribution >= 0.6 is 0 Å². The Bertz CT molecular complexity index is 309. The number of aliphatic carboxylic acids is 1. The molecule has 1 N–H and O–H groups in total. The van der Waals surface area contributed by atoms with E-state index in [0.717, 1.165) is 12.8 Å². The van der Waals surface area contributed by atoms with Crippen LogP contribution in [0.2, 0.25) is 0 Å². The van der Waals surface area contributed by atoms with Crippen LogP contribution in [0.5, 0.6) is 0 Å². The van der Waals surface area contributed by atoms with E-state index >= 15 is 0 Å². The van der Waals surface area contributed by atoms with Crippen molar-refractivity contribution < 1.29 is 14.7 Å². The minimum Gasteiger partial charge on any atom is -0.481 e. The zero-order chi connectivity index (χ0) is 12.1. The summed E-state index contributed by atoms with van der Waals surface area (Å²) in [4.78, 5) is 24.4. The largest absolute Gasteiger partial charge is 0.481 e. The first-order valence-corrected chi connectivity index (χ1v) is 5.75. The molecule has 0 spiro atoms. The van der Waals surface area contributed by atoms with E-state index in [9.17, 15) is 9.59 Å². The third kappa shape index (κ3) is 3.08. The number of allylic oxidation sites excluding steroid dienone is 1. The fraction of sp³-hybridized carbons (Fsp3) is 0.667. The van der Waals surface area contributed by atoms with E-state index in [1.54, 1.807) is 11.8 Å². The predicted octanol–water partition coefficient (Wildman–Crippen LogP) is 1.67. The normalized spacial score (nSPS) is 22.0. The van der Waals surface area contributed by atoms with Gasteiger partial charge >= 0.3 is 5.97 Å². The lowest BCUT2D eigenvalue weighted by molar-refractivity contribution is -0.145. The minimum atomic E-state index is -0.797. The number of carboxylic acids is 1. The van der Waals surface area contributed by atoms with E-state index in [1.807, 2.05) is 13.0 Å². The molecule has 16 heavy (non-hydrogen) atoms. The van der Waals surface area contributed by atoms with E-state index in [1.165, 1.54) is 0 Å². The van der Waals surface area contributed by atoms with Gasteiger partial charge in [-0.1, -0.05) is 13.0 Å².